The number of hydrogen-bond donors (Lipinski definition) is 1. The summed E-state index contributed by atoms with van der Waals surface area (Å²) in [5.74, 6) is -1.74. The molecular formula is C9H14N2O4. The maximum atomic E-state index is 11.5. The van der Waals surface area contributed by atoms with Crippen LogP contribution in [-0.2, 0) is 14.4 Å². The number of nitrogens with zero attached hydrogens (tertiary/aromatic N) is 2. The molecule has 0 aromatic carbocycles. The Balaban J connectivity index is 2.78. The number of carboxylic acid groups (broad SMARTS) is 1. The summed E-state index contributed by atoms with van der Waals surface area (Å²) in [6.07, 6.45) is -0.242. The second kappa shape index (κ2) is 4.29. The molecule has 6 nitrogen and oxygen atoms in total. The Kier molecular flexibility index (Phi) is 3.28. The van der Waals surface area contributed by atoms with Gasteiger partial charge in [-0.25, -0.2) is 0 Å². The summed E-state index contributed by atoms with van der Waals surface area (Å²) in [6.45, 7) is 1.71. The summed E-state index contributed by atoms with van der Waals surface area (Å²) < 4.78 is 0. The molecule has 0 saturated carbocycles. The molecule has 2 amide bonds. The lowest BCUT2D eigenvalue weighted by Crippen LogP contribution is -2.41. The van der Waals surface area contributed by atoms with Crippen LogP contribution in [0.4, 0.5) is 0 Å². The van der Waals surface area contributed by atoms with Crippen LogP contribution in [0.1, 0.15) is 13.3 Å². The van der Waals surface area contributed by atoms with Crippen LogP contribution in [-0.4, -0.2) is 58.9 Å². The maximum absolute atomic E-state index is 11.5. The first kappa shape index (κ1) is 11.5. The minimum absolute atomic E-state index is 0.150. The average molecular weight is 214 g/mol. The highest BCUT2D eigenvalue weighted by molar-refractivity contribution is 5.98. The SMILES string of the molecule is CC1CN(CC(=O)O)C(=O)CC(=O)N1C. The van der Waals surface area contributed by atoms with Crippen molar-refractivity contribution in [1.82, 2.24) is 9.80 Å². The van der Waals surface area contributed by atoms with Crippen LogP contribution in [0.5, 0.6) is 0 Å². The number of carboxylic acids is 1. The monoisotopic (exact) mass is 214 g/mol. The standard InChI is InChI=1S/C9H14N2O4/c1-6-4-11(5-9(14)15)8(13)3-7(12)10(6)2/h6H,3-5H2,1-2H3,(H,14,15). The predicted octanol–water partition coefficient (Wildman–Crippen LogP) is -0.850. The molecule has 0 spiro atoms. The van der Waals surface area contributed by atoms with E-state index >= 15 is 0 Å². The fraction of sp³-hybridized carbons (Fsp3) is 0.667. The molecule has 0 radical (unpaired) electrons. The van der Waals surface area contributed by atoms with E-state index in [1.807, 2.05) is 0 Å². The Bertz CT molecular complexity index is 302. The summed E-state index contributed by atoms with van der Waals surface area (Å²) in [6, 6.07) is -0.150. The molecule has 0 bridgehead atoms. The second-order valence-corrected chi connectivity index (χ2v) is 3.70. The van der Waals surface area contributed by atoms with E-state index < -0.39 is 11.9 Å². The highest BCUT2D eigenvalue weighted by Crippen LogP contribution is 2.09. The summed E-state index contributed by atoms with van der Waals surface area (Å²) in [5, 5.41) is 8.60. The number of aliphatic carboxylic acids is 1. The van der Waals surface area contributed by atoms with Crippen LogP contribution in [0.25, 0.3) is 0 Å². The fourth-order valence-corrected chi connectivity index (χ4v) is 1.47. The molecule has 1 aliphatic heterocycles. The van der Waals surface area contributed by atoms with Gasteiger partial charge in [0, 0.05) is 19.6 Å². The molecule has 15 heavy (non-hydrogen) atoms. The van der Waals surface area contributed by atoms with E-state index in [0.717, 1.165) is 0 Å². The molecule has 1 aliphatic rings. The van der Waals surface area contributed by atoms with Gasteiger partial charge in [0.2, 0.25) is 11.8 Å². The molecule has 0 aromatic rings. The number of likely N-dealkylation sites (N-methyl/N-ethyl adjacent to an activating group) is 1. The normalized spacial score (nSPS) is 22.9. The summed E-state index contributed by atoms with van der Waals surface area (Å²) >= 11 is 0. The third-order valence-corrected chi connectivity index (χ3v) is 2.52. The molecule has 1 atom stereocenters. The lowest BCUT2D eigenvalue weighted by atomic mass is 10.3. The van der Waals surface area contributed by atoms with E-state index in [0.29, 0.717) is 0 Å². The molecule has 84 valence electrons. The van der Waals surface area contributed by atoms with E-state index in [4.69, 9.17) is 5.11 Å². The van der Waals surface area contributed by atoms with E-state index in [2.05, 4.69) is 0 Å². The zero-order valence-corrected chi connectivity index (χ0v) is 8.77. The van der Waals surface area contributed by atoms with Crippen molar-refractivity contribution in [2.75, 3.05) is 20.1 Å². The van der Waals surface area contributed by atoms with Crippen LogP contribution in [0.2, 0.25) is 0 Å². The van der Waals surface area contributed by atoms with Crippen molar-refractivity contribution >= 4 is 17.8 Å². The largest absolute Gasteiger partial charge is 0.480 e. The quantitative estimate of drug-likeness (QED) is 0.607. The van der Waals surface area contributed by atoms with Crippen LogP contribution < -0.4 is 0 Å². The van der Waals surface area contributed by atoms with Crippen molar-refractivity contribution < 1.29 is 19.5 Å². The van der Waals surface area contributed by atoms with Crippen molar-refractivity contribution in [2.24, 2.45) is 0 Å². The molecule has 1 heterocycles. The van der Waals surface area contributed by atoms with Crippen LogP contribution >= 0.6 is 0 Å². The van der Waals surface area contributed by atoms with Crippen LogP contribution in [0, 0.1) is 0 Å². The third kappa shape index (κ3) is 2.68. The molecule has 6 heteroatoms. The molecule has 1 fully saturated rings. The predicted molar refractivity (Wildman–Crippen MR) is 51.1 cm³/mol. The van der Waals surface area contributed by atoms with Gasteiger partial charge >= 0.3 is 5.97 Å². The van der Waals surface area contributed by atoms with Crippen LogP contribution in [0.3, 0.4) is 0 Å². The smallest absolute Gasteiger partial charge is 0.323 e. The first-order valence-electron chi connectivity index (χ1n) is 4.67. The van der Waals surface area contributed by atoms with E-state index in [1.165, 1.54) is 9.80 Å². The van der Waals surface area contributed by atoms with Gasteiger partial charge in [-0.3, -0.25) is 14.4 Å². The lowest BCUT2D eigenvalue weighted by Gasteiger charge is -2.24. The van der Waals surface area contributed by atoms with Crippen LogP contribution in [0.15, 0.2) is 0 Å². The number of rotatable bonds is 2. The molecular weight excluding hydrogens is 200 g/mol. The number of carbonyl (C=O) groups is 3. The molecule has 1 unspecified atom stereocenters. The molecule has 1 saturated heterocycles. The van der Waals surface area contributed by atoms with Gasteiger partial charge in [0.15, 0.2) is 0 Å². The molecule has 1 N–H and O–H groups in total. The number of hydrogen-bond acceptors (Lipinski definition) is 3. The van der Waals surface area contributed by atoms with Crippen molar-refractivity contribution in [1.29, 1.82) is 0 Å². The zero-order valence-electron chi connectivity index (χ0n) is 8.77. The van der Waals surface area contributed by atoms with Gasteiger partial charge in [0.1, 0.15) is 13.0 Å². The third-order valence-electron chi connectivity index (χ3n) is 2.52. The van der Waals surface area contributed by atoms with Crippen molar-refractivity contribution in [3.63, 3.8) is 0 Å². The minimum atomic E-state index is -1.06. The molecule has 0 aromatic heterocycles. The number of amides is 2. The Morgan fingerprint density at radius 1 is 1.47 bits per heavy atom. The Morgan fingerprint density at radius 2 is 2.07 bits per heavy atom. The first-order valence-corrected chi connectivity index (χ1v) is 4.67. The second-order valence-electron chi connectivity index (χ2n) is 3.70. The Hall–Kier alpha value is -1.59. The van der Waals surface area contributed by atoms with Gasteiger partial charge in [-0.15, -0.1) is 0 Å². The fourth-order valence-electron chi connectivity index (χ4n) is 1.47. The Morgan fingerprint density at radius 3 is 2.60 bits per heavy atom. The summed E-state index contributed by atoms with van der Waals surface area (Å²) in [4.78, 5) is 36.0. The maximum Gasteiger partial charge on any atom is 0.323 e. The summed E-state index contributed by atoms with van der Waals surface area (Å²) in [5.41, 5.74) is 0. The van der Waals surface area contributed by atoms with Crippen molar-refractivity contribution in [2.45, 2.75) is 19.4 Å². The number of carbonyl (C=O) groups excluding carboxylic acids is 2. The first-order chi connectivity index (χ1) is 6.91. The average Bonchev–Trinajstić information content (AvgIpc) is 2.20. The highest BCUT2D eigenvalue weighted by Gasteiger charge is 2.29. The van der Waals surface area contributed by atoms with E-state index in [1.54, 1.807) is 14.0 Å². The highest BCUT2D eigenvalue weighted by atomic mass is 16.4. The lowest BCUT2D eigenvalue weighted by molar-refractivity contribution is -0.145. The minimum Gasteiger partial charge on any atom is -0.480 e. The summed E-state index contributed by atoms with van der Waals surface area (Å²) in [7, 11) is 1.62. The van der Waals surface area contributed by atoms with Gasteiger partial charge in [-0.1, -0.05) is 0 Å². The molecule has 1 rings (SSSR count). The van der Waals surface area contributed by atoms with Gasteiger partial charge in [0.25, 0.3) is 0 Å². The zero-order chi connectivity index (χ0) is 11.6. The van der Waals surface area contributed by atoms with Gasteiger partial charge < -0.3 is 14.9 Å². The van der Waals surface area contributed by atoms with E-state index in [-0.39, 0.29) is 31.5 Å². The van der Waals surface area contributed by atoms with Gasteiger partial charge in [-0.2, -0.15) is 0 Å². The molecule has 0 aliphatic carbocycles. The van der Waals surface area contributed by atoms with Crippen molar-refractivity contribution in [3.05, 3.63) is 0 Å². The van der Waals surface area contributed by atoms with Gasteiger partial charge in [-0.05, 0) is 6.92 Å². The topological polar surface area (TPSA) is 77.9 Å². The van der Waals surface area contributed by atoms with Gasteiger partial charge in [0.05, 0.1) is 0 Å². The van der Waals surface area contributed by atoms with Crippen molar-refractivity contribution in [3.8, 4) is 0 Å². The Labute approximate surface area is 87.5 Å². The van der Waals surface area contributed by atoms with E-state index in [9.17, 15) is 14.4 Å².